The molecule has 33 heteroatoms. The lowest BCUT2D eigenvalue weighted by Gasteiger charge is -2.13. The SMILES string of the molecule is CC(C(=O)OCCOCCOCCOCCOC(=O)CCCCC1CCSS1)c1ccc(-c2ccccc2)c(F)c1.CC1=C(CC(=O)OCCOCCOCCOCCOC(=O)CCCCC2CCSS2)c2cc(F)ccc2/C1=C\c1ccc(S(C)=O)cc1.CSc1ccc(C=C2C(C)=C(CC(=O)OCCOCCOCCOCCOC(=O)CCCCC3CCSS3)c3cc(F)ccc32)cc1. The molecule has 0 aromatic heterocycles. The van der Waals surface area contributed by atoms with Crippen molar-refractivity contribution >= 4 is 158 Å². The van der Waals surface area contributed by atoms with Crippen molar-refractivity contribution in [3.8, 4) is 11.1 Å². The molecule has 11 rings (SSSR count). The molecule has 0 bridgehead atoms. The van der Waals surface area contributed by atoms with Crippen LogP contribution >= 0.6 is 76.5 Å². The maximum absolute atomic E-state index is 14.6. The van der Waals surface area contributed by atoms with E-state index in [1.54, 1.807) is 49.2 Å². The number of thioether (sulfide) groups is 1. The van der Waals surface area contributed by atoms with Gasteiger partial charge in [-0.1, -0.05) is 163 Å². The summed E-state index contributed by atoms with van der Waals surface area (Å²) in [6.45, 7) is 12.9. The molecule has 0 N–H and O–H groups in total. The second kappa shape index (κ2) is 66.8. The Labute approximate surface area is 830 Å². The summed E-state index contributed by atoms with van der Waals surface area (Å²) in [7, 11) is 10.7. The van der Waals surface area contributed by atoms with E-state index in [9.17, 15) is 46.1 Å². The van der Waals surface area contributed by atoms with E-state index in [-0.39, 0.29) is 114 Å². The van der Waals surface area contributed by atoms with E-state index in [4.69, 9.17) is 71.1 Å². The number of ether oxygens (including phenoxy) is 15. The summed E-state index contributed by atoms with van der Waals surface area (Å²) in [5, 5.41) is 2.24. The third kappa shape index (κ3) is 43.3. The lowest BCUT2D eigenvalue weighted by Crippen LogP contribution is -2.18. The summed E-state index contributed by atoms with van der Waals surface area (Å²) in [6.07, 6.45) is 22.4. The largest absolute Gasteiger partial charge is 0.463 e. The van der Waals surface area contributed by atoms with Crippen LogP contribution < -0.4 is 0 Å². The summed E-state index contributed by atoms with van der Waals surface area (Å²) in [5.74, 6) is 0.296. The van der Waals surface area contributed by atoms with E-state index in [0.29, 0.717) is 135 Å². The molecule has 0 amide bonds. The number of hydrogen-bond donors (Lipinski definition) is 0. The first-order chi connectivity index (χ1) is 66.3. The number of carbonyl (C=O) groups excluding carboxylic acids is 6. The van der Waals surface area contributed by atoms with Gasteiger partial charge in [0.25, 0.3) is 0 Å². The maximum atomic E-state index is 14.6. The van der Waals surface area contributed by atoms with Gasteiger partial charge in [-0.05, 0) is 230 Å². The molecule has 5 atom stereocenters. The van der Waals surface area contributed by atoms with Gasteiger partial charge in [-0.25, -0.2) is 13.2 Å². The van der Waals surface area contributed by atoms with Crippen molar-refractivity contribution < 1.29 is 117 Å². The molecule has 744 valence electrons. The summed E-state index contributed by atoms with van der Waals surface area (Å²) in [5.41, 5.74) is 12.2. The van der Waals surface area contributed by atoms with Gasteiger partial charge < -0.3 is 71.1 Å². The number of benzene rings is 6. The maximum Gasteiger partial charge on any atom is 0.313 e. The molecule has 6 aromatic carbocycles. The molecule has 3 fully saturated rings. The highest BCUT2D eigenvalue weighted by atomic mass is 33.1. The van der Waals surface area contributed by atoms with Crippen LogP contribution in [-0.2, 0) is 111 Å². The average molecular weight is 2030 g/mol. The van der Waals surface area contributed by atoms with Gasteiger partial charge in [0.2, 0.25) is 0 Å². The van der Waals surface area contributed by atoms with Crippen molar-refractivity contribution in [2.45, 2.75) is 161 Å². The van der Waals surface area contributed by atoms with Gasteiger partial charge >= 0.3 is 35.8 Å². The Bertz CT molecular complexity index is 4760. The van der Waals surface area contributed by atoms with Gasteiger partial charge in [0.1, 0.15) is 57.1 Å². The number of esters is 6. The average Bonchev–Trinajstić information content (AvgIpc) is 1.63. The van der Waals surface area contributed by atoms with Crippen LogP contribution in [0.5, 0.6) is 0 Å². The predicted molar refractivity (Wildman–Crippen MR) is 544 cm³/mol. The van der Waals surface area contributed by atoms with E-state index in [0.717, 1.165) is 126 Å². The first kappa shape index (κ1) is 113. The van der Waals surface area contributed by atoms with Gasteiger partial charge in [-0.3, -0.25) is 33.0 Å². The summed E-state index contributed by atoms with van der Waals surface area (Å²) in [6, 6.07) is 39.1. The van der Waals surface area contributed by atoms with Crippen LogP contribution in [0.1, 0.15) is 175 Å². The lowest BCUT2D eigenvalue weighted by atomic mass is 9.97. The molecule has 3 heterocycles. The van der Waals surface area contributed by atoms with Gasteiger partial charge in [0, 0.05) is 84.7 Å². The molecule has 3 aliphatic heterocycles. The number of carbonyl (C=O) groups is 6. The summed E-state index contributed by atoms with van der Waals surface area (Å²) >= 11 is 1.68. The smallest absolute Gasteiger partial charge is 0.313 e. The highest BCUT2D eigenvalue weighted by molar-refractivity contribution is 8.78. The number of allylic oxidation sites excluding steroid dienone is 4. The number of hydrogen-bond acceptors (Lipinski definition) is 29. The molecule has 6 aromatic rings. The van der Waals surface area contributed by atoms with Crippen molar-refractivity contribution in [1.82, 2.24) is 0 Å². The van der Waals surface area contributed by atoms with Crippen molar-refractivity contribution in [3.05, 3.63) is 201 Å². The molecular weight excluding hydrogens is 1900 g/mol. The lowest BCUT2D eigenvalue weighted by molar-refractivity contribution is -0.147. The van der Waals surface area contributed by atoms with Crippen molar-refractivity contribution in [1.29, 1.82) is 0 Å². The Morgan fingerprint density at radius 1 is 0.397 bits per heavy atom. The Morgan fingerprint density at radius 2 is 0.735 bits per heavy atom. The second-order valence-electron chi connectivity index (χ2n) is 32.2. The molecule has 2 aliphatic carbocycles. The van der Waals surface area contributed by atoms with Crippen LogP contribution in [0.2, 0.25) is 0 Å². The molecule has 0 spiro atoms. The van der Waals surface area contributed by atoms with Gasteiger partial charge in [-0.15, -0.1) is 11.8 Å². The number of rotatable bonds is 62. The van der Waals surface area contributed by atoms with Crippen LogP contribution in [-0.4, -0.2) is 244 Å². The fraction of sp³-hybridized carbons (Fsp3) is 0.515. The second-order valence-corrected chi connectivity index (χ2v) is 42.8. The topological polar surface area (TPSA) is 258 Å². The standard InChI is InChI=1S/C36H45FO8S3.C36H45FO7S3.C31H41FO7S2/c1-26-32(23-27-7-10-30(11-8-27)48(2)40)31-12-9-28(37)24-34(31)33(26)25-36(39)45-21-19-43-17-15-41-14-16-42-18-20-44-35(38)6-4-3-5-29-13-22-46-47-29;1-26-32(23-27-7-10-29(45-2)11-8-27)31-12-9-28(37)24-34(31)33(26)25-36(39)44-21-19-42-17-15-40-14-16-41-18-20-43-35(38)6-4-3-5-30-13-22-46-47-30;1-24(26-11-12-28(29(32)23-26)25-7-3-2-4-8-25)31(34)39-21-19-37-17-15-35-14-16-36-18-20-38-30(33)10-6-5-9-27-13-22-40-41-27/h7-12,23-24,29H,3-6,13-22,25H2,1-2H3;7-12,23-24,30H,3-6,13-22,25H2,1-2H3;2-4,7-8,11-12,23-24,27H,5-6,9-10,13-22H2,1H3/b32-23-;;. The van der Waals surface area contributed by atoms with Crippen molar-refractivity contribution in [3.63, 3.8) is 0 Å². The normalized spacial score (nSPS) is 16.5. The van der Waals surface area contributed by atoms with Gasteiger partial charge in [0.05, 0.1) is 138 Å². The van der Waals surface area contributed by atoms with E-state index >= 15 is 0 Å². The summed E-state index contributed by atoms with van der Waals surface area (Å²) < 4.78 is 136. The zero-order valence-electron chi connectivity index (χ0n) is 78.7. The molecular formula is C103H131F3O22S8. The van der Waals surface area contributed by atoms with Crippen LogP contribution in [0.25, 0.3) is 45.6 Å². The molecule has 136 heavy (non-hydrogen) atoms. The van der Waals surface area contributed by atoms with Crippen molar-refractivity contribution in [2.24, 2.45) is 0 Å². The van der Waals surface area contributed by atoms with Gasteiger partial charge in [-0.2, -0.15) is 0 Å². The Morgan fingerprint density at radius 3 is 1.07 bits per heavy atom. The Hall–Kier alpha value is -6.87. The molecule has 0 radical (unpaired) electrons. The van der Waals surface area contributed by atoms with Crippen LogP contribution in [0.3, 0.4) is 0 Å². The quantitative estimate of drug-likeness (QED) is 0.0113. The Kier molecular flexibility index (Phi) is 55.3. The van der Waals surface area contributed by atoms with Gasteiger partial charge in [0.15, 0.2) is 0 Å². The van der Waals surface area contributed by atoms with E-state index in [1.165, 1.54) is 91.0 Å². The molecule has 5 aliphatic rings. The highest BCUT2D eigenvalue weighted by Gasteiger charge is 2.30. The minimum absolute atomic E-state index is 0.00867. The van der Waals surface area contributed by atoms with Crippen LogP contribution in [0.4, 0.5) is 13.2 Å². The third-order valence-electron chi connectivity index (χ3n) is 22.2. The van der Waals surface area contributed by atoms with E-state index in [1.807, 2.05) is 146 Å². The van der Waals surface area contributed by atoms with E-state index < -0.39 is 28.7 Å². The molecule has 3 saturated heterocycles. The first-order valence-electron chi connectivity index (χ1n) is 46.7. The van der Waals surface area contributed by atoms with Crippen molar-refractivity contribution in [2.75, 3.05) is 188 Å². The molecule has 22 nitrogen and oxygen atoms in total. The number of halogens is 3. The number of fused-ring (bicyclic) bond motifs is 2. The van der Waals surface area contributed by atoms with Crippen LogP contribution in [0.15, 0.2) is 154 Å². The molecule has 0 saturated carbocycles. The highest BCUT2D eigenvalue weighted by Crippen LogP contribution is 2.47. The Balaban J connectivity index is 0.000000230. The number of unbranched alkanes of at least 4 members (excludes halogenated alkanes) is 3. The predicted octanol–water partition coefficient (Wildman–Crippen LogP) is 21.7. The third-order valence-corrected chi connectivity index (χ3v) is 32.9. The fourth-order valence-corrected chi connectivity index (χ4v) is 24.8. The fourth-order valence-electron chi connectivity index (χ4n) is 14.8. The first-order valence-corrected chi connectivity index (χ1v) is 56.6. The zero-order valence-corrected chi connectivity index (χ0v) is 85.2. The monoisotopic (exact) mass is 2030 g/mol. The minimum atomic E-state index is -1.07. The van der Waals surface area contributed by atoms with Crippen LogP contribution in [0, 0.1) is 17.5 Å². The minimum Gasteiger partial charge on any atom is -0.463 e. The zero-order chi connectivity index (χ0) is 96.5. The van der Waals surface area contributed by atoms with E-state index in [2.05, 4.69) is 30.3 Å². The summed E-state index contributed by atoms with van der Waals surface area (Å²) in [4.78, 5) is 75.1. The molecule has 5 unspecified atom stereocenters.